The summed E-state index contributed by atoms with van der Waals surface area (Å²) in [5.41, 5.74) is 1.63. The Morgan fingerprint density at radius 2 is 2.14 bits per heavy atom. The van der Waals surface area contributed by atoms with Crippen molar-refractivity contribution >= 4 is 28.6 Å². The summed E-state index contributed by atoms with van der Waals surface area (Å²) in [5.74, 6) is 0.591. The van der Waals surface area contributed by atoms with Gasteiger partial charge in [0.2, 0.25) is 5.95 Å². The summed E-state index contributed by atoms with van der Waals surface area (Å²) in [6, 6.07) is 12.3. The fraction of sp³-hybridized carbons (Fsp3) is 0.464. The first kappa shape index (κ1) is 27.3. The first-order chi connectivity index (χ1) is 17.9. The smallest absolute Gasteiger partial charge is 0.303 e. The van der Waals surface area contributed by atoms with Crippen LogP contribution >= 0.6 is 11.8 Å². The van der Waals surface area contributed by atoms with Crippen molar-refractivity contribution in [2.24, 2.45) is 11.8 Å². The van der Waals surface area contributed by atoms with Gasteiger partial charge in [0.05, 0.1) is 23.8 Å². The average molecular weight is 528 g/mol. The van der Waals surface area contributed by atoms with E-state index < -0.39 is 18.0 Å². The largest absolute Gasteiger partial charge is 0.497 e. The highest BCUT2D eigenvalue weighted by Gasteiger charge is 2.31. The molecule has 37 heavy (non-hydrogen) atoms. The van der Waals surface area contributed by atoms with Crippen LogP contribution in [0.2, 0.25) is 0 Å². The highest BCUT2D eigenvalue weighted by Crippen LogP contribution is 2.35. The number of hydrogen-bond donors (Lipinski definition) is 2. The summed E-state index contributed by atoms with van der Waals surface area (Å²) >= 11 is 1.54. The van der Waals surface area contributed by atoms with Gasteiger partial charge in [-0.25, -0.2) is 4.98 Å². The van der Waals surface area contributed by atoms with Crippen molar-refractivity contribution in [1.29, 1.82) is 0 Å². The van der Waals surface area contributed by atoms with E-state index in [2.05, 4.69) is 14.9 Å². The topological polar surface area (TPSA) is 95.8 Å². The SMILES string of the molecule is COc1ccc2nccc(C(O)CC[C@@H]3CCN(CCCSc4cccc(F)n4)C[C@@H]3CC(=O)O)c2c1. The molecule has 0 aliphatic carbocycles. The lowest BCUT2D eigenvalue weighted by molar-refractivity contribution is -0.139. The summed E-state index contributed by atoms with van der Waals surface area (Å²) in [7, 11) is 1.61. The molecule has 2 aromatic heterocycles. The Labute approximate surface area is 221 Å². The molecule has 3 atom stereocenters. The predicted molar refractivity (Wildman–Crippen MR) is 142 cm³/mol. The van der Waals surface area contributed by atoms with Crippen LogP contribution in [0.1, 0.15) is 43.8 Å². The molecule has 2 N–H and O–H groups in total. The number of carboxylic acid groups (broad SMARTS) is 1. The molecule has 1 saturated heterocycles. The second-order valence-electron chi connectivity index (χ2n) is 9.58. The van der Waals surface area contributed by atoms with Crippen molar-refractivity contribution in [2.75, 3.05) is 32.5 Å². The van der Waals surface area contributed by atoms with E-state index in [1.165, 1.54) is 17.8 Å². The normalized spacial score (nSPS) is 19.1. The number of carbonyl (C=O) groups is 1. The molecule has 3 heterocycles. The molecule has 7 nitrogen and oxygen atoms in total. The zero-order valence-corrected chi connectivity index (χ0v) is 21.9. The number of carboxylic acids is 1. The van der Waals surface area contributed by atoms with Crippen LogP contribution in [0.5, 0.6) is 5.75 Å². The second-order valence-corrected chi connectivity index (χ2v) is 10.7. The third-order valence-electron chi connectivity index (χ3n) is 7.12. The molecule has 1 aliphatic heterocycles. The fourth-order valence-electron chi connectivity index (χ4n) is 5.22. The van der Waals surface area contributed by atoms with E-state index in [1.54, 1.807) is 19.4 Å². The number of hydrogen-bond acceptors (Lipinski definition) is 7. The maximum absolute atomic E-state index is 13.3. The number of halogens is 1. The van der Waals surface area contributed by atoms with Crippen LogP contribution in [0.25, 0.3) is 10.9 Å². The lowest BCUT2D eigenvalue weighted by Gasteiger charge is -2.38. The maximum atomic E-state index is 13.3. The van der Waals surface area contributed by atoms with Gasteiger partial charge < -0.3 is 19.8 Å². The lowest BCUT2D eigenvalue weighted by atomic mass is 9.79. The minimum absolute atomic E-state index is 0.0465. The van der Waals surface area contributed by atoms with E-state index in [-0.39, 0.29) is 18.3 Å². The maximum Gasteiger partial charge on any atom is 0.303 e. The van der Waals surface area contributed by atoms with Gasteiger partial charge >= 0.3 is 5.97 Å². The molecule has 1 aliphatic rings. The summed E-state index contributed by atoms with van der Waals surface area (Å²) in [4.78, 5) is 22.2. The highest BCUT2D eigenvalue weighted by atomic mass is 32.2. The summed E-state index contributed by atoms with van der Waals surface area (Å²) < 4.78 is 18.6. The Bertz CT molecular complexity index is 1200. The van der Waals surface area contributed by atoms with Crippen LogP contribution in [0.15, 0.2) is 53.7 Å². The van der Waals surface area contributed by atoms with Crippen molar-refractivity contribution in [1.82, 2.24) is 14.9 Å². The summed E-state index contributed by atoms with van der Waals surface area (Å²) in [6.07, 6.45) is 4.35. The molecule has 4 rings (SSSR count). The van der Waals surface area contributed by atoms with Crippen LogP contribution in [-0.2, 0) is 4.79 Å². The van der Waals surface area contributed by atoms with E-state index in [0.717, 1.165) is 61.1 Å². The number of aromatic nitrogens is 2. The number of pyridine rings is 2. The van der Waals surface area contributed by atoms with Crippen LogP contribution < -0.4 is 4.74 Å². The number of piperidine rings is 1. The van der Waals surface area contributed by atoms with Gasteiger partial charge in [-0.1, -0.05) is 6.07 Å². The first-order valence-electron chi connectivity index (χ1n) is 12.7. The Morgan fingerprint density at radius 3 is 2.92 bits per heavy atom. The molecule has 0 amide bonds. The number of benzene rings is 1. The van der Waals surface area contributed by atoms with Crippen LogP contribution in [0.4, 0.5) is 4.39 Å². The molecule has 0 radical (unpaired) electrons. The van der Waals surface area contributed by atoms with Crippen molar-refractivity contribution in [3.05, 3.63) is 60.2 Å². The zero-order chi connectivity index (χ0) is 26.2. The number of rotatable bonds is 12. The summed E-state index contributed by atoms with van der Waals surface area (Å²) in [5, 5.41) is 22.1. The van der Waals surface area contributed by atoms with E-state index in [0.29, 0.717) is 17.2 Å². The minimum atomic E-state index is -0.780. The number of aliphatic carboxylic acids is 1. The Hall–Kier alpha value is -2.75. The Morgan fingerprint density at radius 1 is 1.27 bits per heavy atom. The molecule has 0 spiro atoms. The minimum Gasteiger partial charge on any atom is -0.497 e. The van der Waals surface area contributed by atoms with Crippen LogP contribution in [0, 0.1) is 17.8 Å². The quantitative estimate of drug-likeness (QED) is 0.189. The third-order valence-corrected chi connectivity index (χ3v) is 8.14. The van der Waals surface area contributed by atoms with Crippen LogP contribution in [-0.4, -0.2) is 63.5 Å². The Balaban J connectivity index is 1.31. The average Bonchev–Trinajstić information content (AvgIpc) is 2.89. The van der Waals surface area contributed by atoms with Crippen molar-refractivity contribution in [3.8, 4) is 5.75 Å². The molecule has 3 aromatic rings. The molecule has 1 fully saturated rings. The fourth-order valence-corrected chi connectivity index (χ4v) is 6.03. The lowest BCUT2D eigenvalue weighted by Crippen LogP contribution is -2.42. The van der Waals surface area contributed by atoms with Crippen molar-refractivity contribution in [3.63, 3.8) is 0 Å². The molecular formula is C28H34FN3O4S. The van der Waals surface area contributed by atoms with Gasteiger partial charge in [-0.05, 0) is 92.6 Å². The van der Waals surface area contributed by atoms with Gasteiger partial charge in [0, 0.05) is 30.3 Å². The molecule has 0 bridgehead atoms. The predicted octanol–water partition coefficient (Wildman–Crippen LogP) is 5.19. The molecule has 9 heteroatoms. The number of aliphatic hydroxyl groups is 1. The van der Waals surface area contributed by atoms with E-state index in [1.807, 2.05) is 30.3 Å². The molecule has 1 unspecified atom stereocenters. The van der Waals surface area contributed by atoms with E-state index >= 15 is 0 Å². The van der Waals surface area contributed by atoms with Crippen LogP contribution in [0.3, 0.4) is 0 Å². The number of fused-ring (bicyclic) bond motifs is 1. The van der Waals surface area contributed by atoms with E-state index in [4.69, 9.17) is 4.74 Å². The first-order valence-corrected chi connectivity index (χ1v) is 13.7. The zero-order valence-electron chi connectivity index (χ0n) is 21.1. The van der Waals surface area contributed by atoms with E-state index in [9.17, 15) is 19.4 Å². The number of methoxy groups -OCH3 is 1. The summed E-state index contributed by atoms with van der Waals surface area (Å²) in [6.45, 7) is 2.53. The number of aliphatic hydroxyl groups excluding tert-OH is 1. The molecule has 0 saturated carbocycles. The number of ether oxygens (including phenoxy) is 1. The number of thioether (sulfide) groups is 1. The van der Waals surface area contributed by atoms with Gasteiger partial charge in [-0.3, -0.25) is 9.78 Å². The third kappa shape index (κ3) is 7.63. The molecular weight excluding hydrogens is 493 g/mol. The highest BCUT2D eigenvalue weighted by molar-refractivity contribution is 7.99. The van der Waals surface area contributed by atoms with Gasteiger partial charge in [0.25, 0.3) is 0 Å². The van der Waals surface area contributed by atoms with Gasteiger partial charge in [0.15, 0.2) is 0 Å². The second kappa shape index (κ2) is 13.2. The molecule has 1 aromatic carbocycles. The molecule has 198 valence electrons. The number of likely N-dealkylation sites (tertiary alicyclic amines) is 1. The van der Waals surface area contributed by atoms with Gasteiger partial charge in [0.1, 0.15) is 5.75 Å². The Kier molecular flexibility index (Phi) is 9.71. The number of nitrogens with zero attached hydrogens (tertiary/aromatic N) is 3. The standard InChI is InChI=1S/C28H34FN3O4S/c1-36-21-7-8-24-23(17-21)22(10-12-30-24)25(33)9-6-19-11-14-32(18-20(19)16-28(34)35)13-3-15-37-27-5-2-4-26(29)31-27/h2,4-5,7-8,10,12,17,19-20,25,33H,3,6,9,11,13-16,18H2,1H3,(H,34,35)/t19-,20+,25?/m1/s1. The van der Waals surface area contributed by atoms with Gasteiger partial charge in [-0.15, -0.1) is 11.8 Å². The van der Waals surface area contributed by atoms with Crippen molar-refractivity contribution < 1.29 is 24.1 Å². The van der Waals surface area contributed by atoms with Crippen molar-refractivity contribution in [2.45, 2.75) is 43.2 Å². The monoisotopic (exact) mass is 527 g/mol. The van der Waals surface area contributed by atoms with Gasteiger partial charge in [-0.2, -0.15) is 4.39 Å².